The first-order chi connectivity index (χ1) is 18.8. The molecular formula is C22H30MnN6O4S8Zn. The molecule has 1 aliphatic heterocycles. The number of nitrogens with zero attached hydrogens (tertiary/aromatic N) is 2. The number of ether oxygens (including phenoxy) is 2. The van der Waals surface area contributed by atoms with Crippen molar-refractivity contribution in [3.8, 4) is 0 Å². The Morgan fingerprint density at radius 2 is 1.29 bits per heavy atom. The zero-order valence-corrected chi connectivity index (χ0v) is 33.7. The fraction of sp³-hybridized carbons (Fsp3) is 0.455. The first-order valence-corrected chi connectivity index (χ1v) is 14.7. The molecule has 0 aromatic heterocycles. The smallest absolute Gasteiger partial charge is 0.446 e. The number of benzene rings is 1. The van der Waals surface area contributed by atoms with E-state index in [1.807, 2.05) is 32.0 Å². The van der Waals surface area contributed by atoms with Crippen LogP contribution >= 0.6 is 48.9 Å². The number of hydrogen-bond acceptors (Lipinski definition) is 12. The molecule has 1 radical (unpaired) electrons. The summed E-state index contributed by atoms with van der Waals surface area (Å²) in [4.78, 5) is 24.1. The quantitative estimate of drug-likeness (QED) is 0.118. The molecule has 2 amide bonds. The Morgan fingerprint density at radius 3 is 1.57 bits per heavy atom. The predicted octanol–water partition coefficient (Wildman–Crippen LogP) is 1.30. The first kappa shape index (κ1) is 45.9. The van der Waals surface area contributed by atoms with Gasteiger partial charge in [0.15, 0.2) is 0 Å². The number of aryl methyl sites for hydroxylation is 2. The zero-order valence-electron chi connectivity index (χ0n) is 23.1. The molecule has 0 unspecified atom stereocenters. The molecule has 42 heavy (non-hydrogen) atoms. The van der Waals surface area contributed by atoms with E-state index in [1.54, 1.807) is 0 Å². The minimum absolute atomic E-state index is 0. The van der Waals surface area contributed by atoms with Crippen LogP contribution in [0.5, 0.6) is 0 Å². The van der Waals surface area contributed by atoms with Crippen LogP contribution < -0.4 is 26.3 Å². The van der Waals surface area contributed by atoms with E-state index in [9.17, 15) is 9.59 Å². The summed E-state index contributed by atoms with van der Waals surface area (Å²) in [6.45, 7) is 6.99. The number of thiocarbonyl (C=S) groups is 4. The standard InChI is InChI=1S/C14H18N2O4.2C4H8N2S4.Mn.Zn/c1-10-5-4-6-11(2)13(10)16(12(17)9-19-3)15-7-8-20-14(15)18;2*7-3(8)5-1-2-6-4(9)10;;/h4-6H,7-9H2,1-3H3;2*1-2H2,(H2,5,7,8)(H2,6,9,10);;/q;;;2*+2/p-4. The molecule has 1 aliphatic rings. The van der Waals surface area contributed by atoms with Gasteiger partial charge in [0.1, 0.15) is 13.2 Å². The summed E-state index contributed by atoms with van der Waals surface area (Å²) in [6.07, 6.45) is -0.517. The van der Waals surface area contributed by atoms with Crippen molar-refractivity contribution < 1.29 is 55.6 Å². The maximum atomic E-state index is 12.3. The molecule has 1 saturated heterocycles. The summed E-state index contributed by atoms with van der Waals surface area (Å²) >= 11 is 36.7. The van der Waals surface area contributed by atoms with Gasteiger partial charge < -0.3 is 130 Å². The Hall–Kier alpha value is -0.497. The largest absolute Gasteiger partial charge is 2.00 e. The Morgan fingerprint density at radius 1 is 0.905 bits per heavy atom. The van der Waals surface area contributed by atoms with Gasteiger partial charge in [-0.3, -0.25) is 4.79 Å². The SMILES string of the molecule is COCC(=O)N(c1c(C)cccc1C)N1CCOC1=O.S=C([S-])NCCNC(=S)[S-].S=C([S-])NCCNC(=S)[S-].[Mn+2].[Zn+2]. The molecule has 229 valence electrons. The summed E-state index contributed by atoms with van der Waals surface area (Å²) in [6, 6.07) is 5.71. The van der Waals surface area contributed by atoms with Crippen LogP contribution in [-0.4, -0.2) is 87.3 Å². The van der Waals surface area contributed by atoms with Crippen molar-refractivity contribution in [3.05, 3.63) is 29.3 Å². The number of para-hydroxylation sites is 1. The number of carbonyl (C=O) groups excluding carboxylic acids is 2. The second kappa shape index (κ2) is 26.9. The number of hydrogen-bond donors (Lipinski definition) is 4. The van der Waals surface area contributed by atoms with E-state index in [0.717, 1.165) is 11.1 Å². The molecule has 0 saturated carbocycles. The van der Waals surface area contributed by atoms with E-state index in [2.05, 4.69) is 121 Å². The van der Waals surface area contributed by atoms with Crippen molar-refractivity contribution in [3.63, 3.8) is 0 Å². The molecule has 4 N–H and O–H groups in total. The molecule has 10 nitrogen and oxygen atoms in total. The summed E-state index contributed by atoms with van der Waals surface area (Å²) in [5.74, 6) is -0.302. The predicted molar refractivity (Wildman–Crippen MR) is 185 cm³/mol. The molecule has 0 bridgehead atoms. The van der Waals surface area contributed by atoms with Gasteiger partial charge in [-0.1, -0.05) is 35.5 Å². The number of nitrogens with one attached hydrogen (secondary N) is 4. The number of methoxy groups -OCH3 is 1. The fourth-order valence-electron chi connectivity index (χ4n) is 2.93. The number of carbonyl (C=O) groups is 2. The van der Waals surface area contributed by atoms with Gasteiger partial charge in [0.05, 0.1) is 12.2 Å². The van der Waals surface area contributed by atoms with E-state index in [0.29, 0.717) is 55.7 Å². The molecule has 20 heteroatoms. The molecule has 1 fully saturated rings. The Labute approximate surface area is 314 Å². The van der Waals surface area contributed by atoms with Crippen molar-refractivity contribution >= 4 is 134 Å². The Bertz CT molecular complexity index is 962. The van der Waals surface area contributed by atoms with Gasteiger partial charge in [-0.05, 0) is 25.0 Å². The minimum atomic E-state index is -0.517. The number of cyclic esters (lactones) is 1. The van der Waals surface area contributed by atoms with Crippen LogP contribution in [0.1, 0.15) is 11.1 Å². The summed E-state index contributed by atoms with van der Waals surface area (Å²) < 4.78 is 11.3. The molecule has 2 rings (SSSR count). The average molecular weight is 819 g/mol. The van der Waals surface area contributed by atoms with Crippen molar-refractivity contribution in [1.82, 2.24) is 26.3 Å². The number of anilines is 1. The molecule has 0 aliphatic carbocycles. The van der Waals surface area contributed by atoms with Crippen LogP contribution in [0.4, 0.5) is 10.5 Å². The van der Waals surface area contributed by atoms with Gasteiger partial charge in [-0.25, -0.2) is 14.8 Å². The monoisotopic (exact) mass is 817 g/mol. The third-order valence-electron chi connectivity index (χ3n) is 4.46. The average Bonchev–Trinajstić information content (AvgIpc) is 3.27. The van der Waals surface area contributed by atoms with Crippen LogP contribution in [0.2, 0.25) is 0 Å². The van der Waals surface area contributed by atoms with Crippen LogP contribution in [0.3, 0.4) is 0 Å². The number of rotatable bonds is 10. The fourth-order valence-corrected chi connectivity index (χ4v) is 3.75. The van der Waals surface area contributed by atoms with E-state index >= 15 is 0 Å². The second-order valence-electron chi connectivity index (χ2n) is 7.47. The van der Waals surface area contributed by atoms with Gasteiger partial charge in [0.25, 0.3) is 5.91 Å². The summed E-state index contributed by atoms with van der Waals surface area (Å²) in [5, 5.41) is 13.8. The van der Waals surface area contributed by atoms with E-state index < -0.39 is 6.09 Å². The van der Waals surface area contributed by atoms with Gasteiger partial charge in [0, 0.05) is 33.3 Å². The van der Waals surface area contributed by atoms with Crippen LogP contribution in [0.15, 0.2) is 18.2 Å². The second-order valence-corrected chi connectivity index (χ2v) is 11.8. The minimum Gasteiger partial charge on any atom is -0.446 e. The van der Waals surface area contributed by atoms with Crippen LogP contribution in [0, 0.1) is 13.8 Å². The maximum absolute atomic E-state index is 12.3. The van der Waals surface area contributed by atoms with E-state index in [-0.39, 0.29) is 55.7 Å². The molecular weight excluding hydrogens is 789 g/mol. The number of amides is 2. The van der Waals surface area contributed by atoms with Crippen molar-refractivity contribution in [2.24, 2.45) is 0 Å². The molecule has 1 aromatic rings. The van der Waals surface area contributed by atoms with Crippen LogP contribution in [-0.2, 0) is 101 Å². The van der Waals surface area contributed by atoms with Gasteiger partial charge in [-0.2, -0.15) is 0 Å². The van der Waals surface area contributed by atoms with Crippen molar-refractivity contribution in [2.45, 2.75) is 13.8 Å². The molecule has 1 aromatic carbocycles. The van der Waals surface area contributed by atoms with Gasteiger partial charge >= 0.3 is 42.6 Å². The summed E-state index contributed by atoms with van der Waals surface area (Å²) in [7, 11) is 1.45. The van der Waals surface area contributed by atoms with Gasteiger partial charge in [-0.15, -0.1) is 0 Å². The maximum Gasteiger partial charge on any atom is 2.00 e. The molecule has 0 spiro atoms. The Kier molecular flexibility index (Phi) is 29.4. The first-order valence-electron chi connectivity index (χ1n) is 11.4. The Balaban J connectivity index is -0.000000592. The summed E-state index contributed by atoms with van der Waals surface area (Å²) in [5.41, 5.74) is 2.52. The normalized spacial score (nSPS) is 10.8. The molecule has 1 heterocycles. The van der Waals surface area contributed by atoms with Crippen molar-refractivity contribution in [2.75, 3.05) is 58.1 Å². The van der Waals surface area contributed by atoms with Crippen molar-refractivity contribution in [1.29, 1.82) is 0 Å². The third-order valence-corrected chi connectivity index (χ3v) is 5.62. The number of hydrazine groups is 1. The topological polar surface area (TPSA) is 107 Å². The zero-order chi connectivity index (χ0) is 30.7. The third kappa shape index (κ3) is 21.2. The van der Waals surface area contributed by atoms with Crippen LogP contribution in [0.25, 0.3) is 0 Å². The van der Waals surface area contributed by atoms with Gasteiger partial charge in [0.2, 0.25) is 0 Å². The molecule has 0 atom stereocenters. The van der Waals surface area contributed by atoms with E-state index in [4.69, 9.17) is 9.47 Å². The van der Waals surface area contributed by atoms with E-state index in [1.165, 1.54) is 17.1 Å².